The van der Waals surface area contributed by atoms with Gasteiger partial charge in [-0.05, 0) is 29.6 Å². The molecule has 2 rings (SSSR count). The van der Waals surface area contributed by atoms with E-state index in [1.165, 1.54) is 6.07 Å². The van der Waals surface area contributed by atoms with Crippen LogP contribution in [0.4, 0.5) is 13.2 Å². The normalized spacial score (nSPS) is 11.7. The summed E-state index contributed by atoms with van der Waals surface area (Å²) in [5, 5.41) is 4.43. The molecule has 1 aromatic heterocycles. The highest BCUT2D eigenvalue weighted by atomic mass is 35.5. The van der Waals surface area contributed by atoms with Crippen molar-refractivity contribution < 1.29 is 13.2 Å². The molecule has 0 saturated carbocycles. The fourth-order valence-electron chi connectivity index (χ4n) is 2.24. The molecule has 26 heavy (non-hydrogen) atoms. The van der Waals surface area contributed by atoms with Crippen LogP contribution in [0, 0.1) is 0 Å². The Morgan fingerprint density at radius 2 is 1.88 bits per heavy atom. The third kappa shape index (κ3) is 5.48. The predicted octanol–water partition coefficient (Wildman–Crippen LogP) is 6.84. The molecule has 0 bridgehead atoms. The molecule has 0 radical (unpaired) electrons. The van der Waals surface area contributed by atoms with Crippen molar-refractivity contribution in [2.45, 2.75) is 49.0 Å². The van der Waals surface area contributed by atoms with Crippen LogP contribution < -0.4 is 0 Å². The van der Waals surface area contributed by atoms with Gasteiger partial charge in [-0.3, -0.25) is 0 Å². The summed E-state index contributed by atoms with van der Waals surface area (Å²) in [6.07, 6.45) is -4.46. The molecule has 1 aromatic carbocycles. The van der Waals surface area contributed by atoms with Crippen molar-refractivity contribution in [2.24, 2.45) is 5.11 Å². The minimum atomic E-state index is -4.46. The average Bonchev–Trinajstić information content (AvgIpc) is 2.80. The summed E-state index contributed by atoms with van der Waals surface area (Å²) in [6, 6.07) is 4.76. The summed E-state index contributed by atoms with van der Waals surface area (Å²) in [4.78, 5) is 7.48. The number of hydrogen-bond donors (Lipinski definition) is 0. The molecule has 1 heterocycles. The minimum Gasteiger partial charge on any atom is -0.313 e. The van der Waals surface area contributed by atoms with E-state index in [1.807, 2.05) is 13.8 Å². The second-order valence-electron chi connectivity index (χ2n) is 5.67. The molecule has 0 aliphatic heterocycles. The van der Waals surface area contributed by atoms with Gasteiger partial charge in [0.15, 0.2) is 0 Å². The van der Waals surface area contributed by atoms with Gasteiger partial charge in [0.25, 0.3) is 0 Å². The van der Waals surface area contributed by atoms with E-state index in [0.717, 1.165) is 16.3 Å². The van der Waals surface area contributed by atoms with E-state index in [4.69, 9.17) is 28.7 Å². The summed E-state index contributed by atoms with van der Waals surface area (Å²) >= 11 is 13.1. The number of azide groups is 1. The van der Waals surface area contributed by atoms with Gasteiger partial charge in [-0.15, -0.1) is 0 Å². The number of imidazole rings is 1. The molecule has 0 unspecified atom stereocenters. The lowest BCUT2D eigenvalue weighted by Crippen LogP contribution is -2.20. The van der Waals surface area contributed by atoms with Crippen molar-refractivity contribution in [1.82, 2.24) is 9.55 Å². The molecule has 5 nitrogen and oxygen atoms in total. The Kier molecular flexibility index (Phi) is 6.74. The van der Waals surface area contributed by atoms with E-state index in [-0.39, 0.29) is 18.3 Å². The molecule has 0 fully saturated rings. The van der Waals surface area contributed by atoms with E-state index >= 15 is 0 Å². The first-order chi connectivity index (χ1) is 12.1. The average molecular weight is 424 g/mol. The lowest BCUT2D eigenvalue weighted by Gasteiger charge is -2.15. The van der Waals surface area contributed by atoms with E-state index < -0.39 is 12.7 Å². The van der Waals surface area contributed by atoms with Crippen molar-refractivity contribution in [1.29, 1.82) is 0 Å². The fourth-order valence-corrected chi connectivity index (χ4v) is 4.16. The van der Waals surface area contributed by atoms with Gasteiger partial charge in [0.1, 0.15) is 17.4 Å². The van der Waals surface area contributed by atoms with Gasteiger partial charge in [0.2, 0.25) is 0 Å². The fraction of sp³-hybridized carbons (Fsp3) is 0.400. The van der Waals surface area contributed by atoms with Gasteiger partial charge in [0, 0.05) is 19.9 Å². The van der Waals surface area contributed by atoms with Gasteiger partial charge in [-0.1, -0.05) is 53.9 Å². The lowest BCUT2D eigenvalue weighted by atomic mass is 10.1. The highest BCUT2D eigenvalue weighted by molar-refractivity contribution is 7.99. The van der Waals surface area contributed by atoms with E-state index in [9.17, 15) is 13.2 Å². The van der Waals surface area contributed by atoms with Crippen LogP contribution in [0.25, 0.3) is 10.4 Å². The monoisotopic (exact) mass is 423 g/mol. The van der Waals surface area contributed by atoms with Crippen molar-refractivity contribution in [3.63, 3.8) is 0 Å². The van der Waals surface area contributed by atoms with Gasteiger partial charge in [-0.25, -0.2) is 4.98 Å². The number of aromatic nitrogens is 2. The zero-order chi connectivity index (χ0) is 19.5. The van der Waals surface area contributed by atoms with Crippen molar-refractivity contribution in [2.75, 3.05) is 0 Å². The summed E-state index contributed by atoms with van der Waals surface area (Å²) < 4.78 is 40.3. The van der Waals surface area contributed by atoms with Gasteiger partial charge < -0.3 is 4.57 Å². The van der Waals surface area contributed by atoms with Crippen molar-refractivity contribution in [3.8, 4) is 0 Å². The number of rotatable bonds is 6. The summed E-state index contributed by atoms with van der Waals surface area (Å²) in [7, 11) is 0. The zero-order valence-electron chi connectivity index (χ0n) is 13.8. The quantitative estimate of drug-likeness (QED) is 0.290. The molecular weight excluding hydrogens is 410 g/mol. The second-order valence-corrected chi connectivity index (χ2v) is 7.61. The molecule has 11 heteroatoms. The predicted molar refractivity (Wildman–Crippen MR) is 95.8 cm³/mol. The third-order valence-electron chi connectivity index (χ3n) is 3.24. The van der Waals surface area contributed by atoms with Gasteiger partial charge in [0.05, 0.1) is 12.2 Å². The summed E-state index contributed by atoms with van der Waals surface area (Å²) in [5.74, 6) is -0.0779. The number of benzene rings is 1. The van der Waals surface area contributed by atoms with Gasteiger partial charge >= 0.3 is 6.18 Å². The second kappa shape index (κ2) is 8.43. The Balaban J connectivity index is 2.58. The van der Waals surface area contributed by atoms with Crippen molar-refractivity contribution in [3.05, 3.63) is 50.2 Å². The summed E-state index contributed by atoms with van der Waals surface area (Å²) in [6.45, 7) is 2.14. The topological polar surface area (TPSA) is 66.6 Å². The van der Waals surface area contributed by atoms with E-state index in [1.54, 1.807) is 12.1 Å². The Bertz CT molecular complexity index is 824. The molecule has 2 aromatic rings. The maximum absolute atomic E-state index is 13.1. The summed E-state index contributed by atoms with van der Waals surface area (Å²) in [5.41, 5.74) is 8.98. The van der Waals surface area contributed by atoms with E-state index in [0.29, 0.717) is 25.7 Å². The maximum atomic E-state index is 13.1. The molecule has 0 aliphatic carbocycles. The van der Waals surface area contributed by atoms with Crippen LogP contribution in [0.1, 0.15) is 31.3 Å². The largest absolute Gasteiger partial charge is 0.406 e. The third-order valence-corrected chi connectivity index (χ3v) is 4.77. The molecule has 0 N–H and O–H groups in total. The smallest absolute Gasteiger partial charge is 0.313 e. The Morgan fingerprint density at radius 3 is 2.38 bits per heavy atom. The maximum Gasteiger partial charge on any atom is 0.406 e. The van der Waals surface area contributed by atoms with E-state index in [2.05, 4.69) is 15.0 Å². The van der Waals surface area contributed by atoms with Crippen LogP contribution in [0.3, 0.4) is 0 Å². The molecule has 0 atom stereocenters. The standard InChI is InChI=1S/C15H14Cl2F3N5S/c1-8(2)13-14(26-11-4-9(16)3-10(17)5-11)25(7-15(18,19)20)12(23-13)6-22-24-21/h3-5,8H,6-7H2,1-2H3. The van der Waals surface area contributed by atoms with Crippen LogP contribution in [0.5, 0.6) is 0 Å². The molecule has 140 valence electrons. The Morgan fingerprint density at radius 1 is 1.27 bits per heavy atom. The molecule has 0 amide bonds. The molecular formula is C15H14Cl2F3N5S. The molecule has 0 saturated heterocycles. The first-order valence-corrected chi connectivity index (χ1v) is 8.99. The van der Waals surface area contributed by atoms with Gasteiger partial charge in [-0.2, -0.15) is 13.2 Å². The van der Waals surface area contributed by atoms with Crippen molar-refractivity contribution >= 4 is 35.0 Å². The lowest BCUT2D eigenvalue weighted by molar-refractivity contribution is -0.142. The number of halogens is 5. The molecule has 0 spiro atoms. The van der Waals surface area contributed by atoms with Crippen LogP contribution >= 0.6 is 35.0 Å². The highest BCUT2D eigenvalue weighted by Crippen LogP contribution is 2.38. The minimum absolute atomic E-state index is 0.0550. The first-order valence-electron chi connectivity index (χ1n) is 7.41. The Labute approximate surface area is 162 Å². The Hall–Kier alpha value is -1.54. The SMILES string of the molecule is CC(C)c1nc(CN=[N+]=[N-])n(CC(F)(F)F)c1Sc1cc(Cl)cc(Cl)c1. The zero-order valence-corrected chi connectivity index (χ0v) is 16.1. The highest BCUT2D eigenvalue weighted by Gasteiger charge is 2.32. The number of nitrogens with zero attached hydrogens (tertiary/aromatic N) is 5. The van der Waals surface area contributed by atoms with Crippen LogP contribution in [-0.2, 0) is 13.1 Å². The first kappa shape index (κ1) is 20.8. The van der Waals surface area contributed by atoms with Crippen LogP contribution in [0.2, 0.25) is 10.0 Å². The van der Waals surface area contributed by atoms with Crippen LogP contribution in [-0.4, -0.2) is 15.7 Å². The number of alkyl halides is 3. The van der Waals surface area contributed by atoms with Crippen LogP contribution in [0.15, 0.2) is 33.2 Å². The number of hydrogen-bond acceptors (Lipinski definition) is 3. The molecule has 0 aliphatic rings.